The molecule has 2 unspecified atom stereocenters. The number of nitrogens with two attached hydrogens (primary N) is 1. The summed E-state index contributed by atoms with van der Waals surface area (Å²) < 4.78 is 5.74. The molecule has 0 aliphatic carbocycles. The molecular formula is C12H16N4OS. The lowest BCUT2D eigenvalue weighted by molar-refractivity contribution is -0.0109. The minimum Gasteiger partial charge on any atom is -0.370 e. The van der Waals surface area contributed by atoms with Crippen molar-refractivity contribution < 1.29 is 4.74 Å². The Balaban J connectivity index is 1.88. The predicted molar refractivity (Wildman–Crippen MR) is 73.0 cm³/mol. The maximum atomic E-state index is 5.74. The number of hydrogen-bond donors (Lipinski definition) is 1. The summed E-state index contributed by atoms with van der Waals surface area (Å²) in [7, 11) is 0. The Kier molecular flexibility index (Phi) is 3.15. The number of thiophene rings is 1. The van der Waals surface area contributed by atoms with E-state index < -0.39 is 0 Å². The maximum Gasteiger partial charge on any atom is 0.226 e. The number of nitrogens with zero attached hydrogens (tertiary/aromatic N) is 3. The van der Waals surface area contributed by atoms with Crippen molar-refractivity contribution in [3.05, 3.63) is 17.6 Å². The number of hydrogen-bond acceptors (Lipinski definition) is 6. The van der Waals surface area contributed by atoms with Gasteiger partial charge in [0.2, 0.25) is 5.95 Å². The molecule has 0 aromatic carbocycles. The van der Waals surface area contributed by atoms with Crippen LogP contribution >= 0.6 is 11.3 Å². The predicted octanol–water partition coefficient (Wildman–Crippen LogP) is 1.24. The van der Waals surface area contributed by atoms with Crippen molar-refractivity contribution in [3.8, 4) is 0 Å². The minimum absolute atomic E-state index is 0.0661. The summed E-state index contributed by atoms with van der Waals surface area (Å²) in [6.45, 7) is 4.16. The standard InChI is InChI=1S/C12H16N4OS/c1-8-6-16(7-10(4-13)17-8)12-14-5-9-2-3-18-11(9)15-12/h2-3,5,8,10H,4,6-7,13H2,1H3. The Morgan fingerprint density at radius 2 is 2.44 bits per heavy atom. The van der Waals surface area contributed by atoms with Crippen LogP contribution in [0.1, 0.15) is 6.92 Å². The minimum atomic E-state index is 0.0661. The highest BCUT2D eigenvalue weighted by Gasteiger charge is 2.26. The zero-order valence-corrected chi connectivity index (χ0v) is 11.1. The molecule has 0 bridgehead atoms. The number of morpholine rings is 1. The third-order valence-electron chi connectivity index (χ3n) is 3.07. The lowest BCUT2D eigenvalue weighted by Crippen LogP contribution is -2.49. The van der Waals surface area contributed by atoms with Crippen LogP contribution in [0, 0.1) is 0 Å². The first-order valence-corrected chi connectivity index (χ1v) is 6.95. The van der Waals surface area contributed by atoms with Gasteiger partial charge >= 0.3 is 0 Å². The molecule has 2 aromatic rings. The van der Waals surface area contributed by atoms with E-state index in [2.05, 4.69) is 21.8 Å². The van der Waals surface area contributed by atoms with Gasteiger partial charge in [0.1, 0.15) is 4.83 Å². The second kappa shape index (κ2) is 4.79. The number of rotatable bonds is 2. The van der Waals surface area contributed by atoms with Crippen LogP contribution in [0.2, 0.25) is 0 Å². The maximum absolute atomic E-state index is 5.74. The van der Waals surface area contributed by atoms with Crippen LogP contribution in [-0.2, 0) is 4.74 Å². The zero-order valence-electron chi connectivity index (χ0n) is 10.2. The lowest BCUT2D eigenvalue weighted by atomic mass is 10.2. The first-order chi connectivity index (χ1) is 8.76. The van der Waals surface area contributed by atoms with E-state index in [-0.39, 0.29) is 12.2 Å². The molecule has 2 aromatic heterocycles. The van der Waals surface area contributed by atoms with Crippen LogP contribution < -0.4 is 10.6 Å². The van der Waals surface area contributed by atoms with Gasteiger partial charge in [-0.1, -0.05) is 0 Å². The highest BCUT2D eigenvalue weighted by molar-refractivity contribution is 7.16. The Morgan fingerprint density at radius 3 is 3.28 bits per heavy atom. The summed E-state index contributed by atoms with van der Waals surface area (Å²) in [5, 5.41) is 3.13. The quantitative estimate of drug-likeness (QED) is 0.884. The van der Waals surface area contributed by atoms with Gasteiger partial charge in [0.25, 0.3) is 0 Å². The van der Waals surface area contributed by atoms with Crippen molar-refractivity contribution in [1.82, 2.24) is 9.97 Å². The summed E-state index contributed by atoms with van der Waals surface area (Å²) in [5.41, 5.74) is 5.69. The van der Waals surface area contributed by atoms with Gasteiger partial charge in [0.05, 0.1) is 12.2 Å². The molecule has 1 aliphatic heterocycles. The van der Waals surface area contributed by atoms with Gasteiger partial charge < -0.3 is 15.4 Å². The molecule has 6 heteroatoms. The fourth-order valence-corrected chi connectivity index (χ4v) is 2.97. The number of aromatic nitrogens is 2. The SMILES string of the molecule is CC1CN(c2ncc3ccsc3n2)CC(CN)O1. The third-order valence-corrected chi connectivity index (χ3v) is 3.89. The van der Waals surface area contributed by atoms with Gasteiger partial charge in [-0.25, -0.2) is 9.97 Å². The van der Waals surface area contributed by atoms with E-state index >= 15 is 0 Å². The first-order valence-electron chi connectivity index (χ1n) is 6.07. The Hall–Kier alpha value is -1.24. The van der Waals surface area contributed by atoms with Crippen LogP contribution in [-0.4, -0.2) is 41.8 Å². The van der Waals surface area contributed by atoms with E-state index in [1.165, 1.54) is 0 Å². The molecule has 0 amide bonds. The van der Waals surface area contributed by atoms with E-state index in [1.54, 1.807) is 11.3 Å². The topological polar surface area (TPSA) is 64.3 Å². The summed E-state index contributed by atoms with van der Waals surface area (Å²) in [5.74, 6) is 0.776. The molecule has 18 heavy (non-hydrogen) atoms. The van der Waals surface area contributed by atoms with Crippen molar-refractivity contribution >= 4 is 27.5 Å². The Bertz CT molecular complexity index is 544. The summed E-state index contributed by atoms with van der Waals surface area (Å²) in [4.78, 5) is 12.2. The number of ether oxygens (including phenoxy) is 1. The first kappa shape index (κ1) is 11.8. The molecule has 0 radical (unpaired) electrons. The summed E-state index contributed by atoms with van der Waals surface area (Å²) in [6.07, 6.45) is 2.11. The normalized spacial score (nSPS) is 24.7. The number of fused-ring (bicyclic) bond motifs is 1. The van der Waals surface area contributed by atoms with Crippen molar-refractivity contribution in [2.45, 2.75) is 19.1 Å². The highest BCUT2D eigenvalue weighted by atomic mass is 32.1. The smallest absolute Gasteiger partial charge is 0.226 e. The van der Waals surface area contributed by atoms with E-state index in [4.69, 9.17) is 10.5 Å². The Morgan fingerprint density at radius 1 is 1.56 bits per heavy atom. The van der Waals surface area contributed by atoms with Crippen LogP contribution in [0.15, 0.2) is 17.6 Å². The largest absolute Gasteiger partial charge is 0.370 e. The van der Waals surface area contributed by atoms with Gasteiger partial charge in [-0.15, -0.1) is 11.3 Å². The molecule has 5 nitrogen and oxygen atoms in total. The molecule has 2 atom stereocenters. The fourth-order valence-electron chi connectivity index (χ4n) is 2.24. The monoisotopic (exact) mass is 264 g/mol. The van der Waals surface area contributed by atoms with Crippen LogP contribution in [0.4, 0.5) is 5.95 Å². The van der Waals surface area contributed by atoms with Crippen molar-refractivity contribution in [2.75, 3.05) is 24.5 Å². The third kappa shape index (κ3) is 2.19. The van der Waals surface area contributed by atoms with Crippen LogP contribution in [0.3, 0.4) is 0 Å². The van der Waals surface area contributed by atoms with Gasteiger partial charge in [0.15, 0.2) is 0 Å². The van der Waals surface area contributed by atoms with Crippen molar-refractivity contribution in [3.63, 3.8) is 0 Å². The van der Waals surface area contributed by atoms with Gasteiger partial charge in [-0.3, -0.25) is 0 Å². The molecule has 2 N–H and O–H groups in total. The molecule has 3 heterocycles. The highest BCUT2D eigenvalue weighted by Crippen LogP contribution is 2.22. The van der Waals surface area contributed by atoms with Crippen LogP contribution in [0.5, 0.6) is 0 Å². The van der Waals surface area contributed by atoms with Crippen LogP contribution in [0.25, 0.3) is 10.2 Å². The molecule has 3 rings (SSSR count). The Labute approximate surface area is 110 Å². The lowest BCUT2D eigenvalue weighted by Gasteiger charge is -2.36. The molecule has 1 saturated heterocycles. The van der Waals surface area contributed by atoms with E-state index in [0.29, 0.717) is 6.54 Å². The second-order valence-corrected chi connectivity index (χ2v) is 5.46. The molecule has 96 valence electrons. The van der Waals surface area contributed by atoms with E-state index in [1.807, 2.05) is 17.6 Å². The van der Waals surface area contributed by atoms with Gasteiger partial charge in [-0.05, 0) is 18.4 Å². The van der Waals surface area contributed by atoms with E-state index in [0.717, 1.165) is 29.3 Å². The van der Waals surface area contributed by atoms with Crippen molar-refractivity contribution in [1.29, 1.82) is 0 Å². The summed E-state index contributed by atoms with van der Waals surface area (Å²) >= 11 is 1.64. The molecule has 0 saturated carbocycles. The average Bonchev–Trinajstić information content (AvgIpc) is 2.85. The number of anilines is 1. The van der Waals surface area contributed by atoms with Crippen molar-refractivity contribution in [2.24, 2.45) is 5.73 Å². The van der Waals surface area contributed by atoms with E-state index in [9.17, 15) is 0 Å². The average molecular weight is 264 g/mol. The molecular weight excluding hydrogens is 248 g/mol. The fraction of sp³-hybridized carbons (Fsp3) is 0.500. The molecule has 0 spiro atoms. The summed E-state index contributed by atoms with van der Waals surface area (Å²) in [6, 6.07) is 2.04. The zero-order chi connectivity index (χ0) is 12.5. The molecule has 1 aliphatic rings. The van der Waals surface area contributed by atoms with Gasteiger partial charge in [0, 0.05) is 31.2 Å². The molecule has 1 fully saturated rings. The van der Waals surface area contributed by atoms with Gasteiger partial charge in [-0.2, -0.15) is 0 Å². The second-order valence-electron chi connectivity index (χ2n) is 4.56.